The molecule has 190 valence electrons. The van der Waals surface area contributed by atoms with Crippen molar-refractivity contribution in [2.45, 2.75) is 0 Å². The molecule has 0 spiro atoms. The SMILES string of the molecule is [2H]C([2H])([2H])OCCOc1ccc(N2CCN(CCNc3nc(NC)cc4nc(-c5ncco5)nn34)CC2)cc1. The van der Waals surface area contributed by atoms with Gasteiger partial charge in [-0.1, -0.05) is 0 Å². The van der Waals surface area contributed by atoms with Crippen LogP contribution in [0.2, 0.25) is 0 Å². The van der Waals surface area contributed by atoms with Crippen LogP contribution >= 0.6 is 0 Å². The van der Waals surface area contributed by atoms with Crippen LogP contribution in [0.3, 0.4) is 0 Å². The maximum absolute atomic E-state index is 7.04. The van der Waals surface area contributed by atoms with Crippen molar-refractivity contribution in [2.24, 2.45) is 0 Å². The number of nitrogens with one attached hydrogen (secondary N) is 2. The van der Waals surface area contributed by atoms with Gasteiger partial charge in [0.25, 0.3) is 5.89 Å². The van der Waals surface area contributed by atoms with Gasteiger partial charge in [0.05, 0.1) is 16.9 Å². The highest BCUT2D eigenvalue weighted by Crippen LogP contribution is 2.21. The van der Waals surface area contributed by atoms with Gasteiger partial charge < -0.3 is 29.4 Å². The van der Waals surface area contributed by atoms with Gasteiger partial charge in [-0.05, 0) is 24.3 Å². The fourth-order valence-corrected chi connectivity index (χ4v) is 4.07. The first-order chi connectivity index (χ1) is 18.9. The molecule has 12 nitrogen and oxygen atoms in total. The Kier molecular flexibility index (Phi) is 6.33. The minimum absolute atomic E-state index is 0.0131. The Balaban J connectivity index is 1.09. The summed E-state index contributed by atoms with van der Waals surface area (Å²) in [5, 5.41) is 11.0. The molecule has 5 rings (SSSR count). The maximum atomic E-state index is 7.04. The van der Waals surface area contributed by atoms with Crippen LogP contribution in [-0.2, 0) is 4.74 Å². The van der Waals surface area contributed by atoms with Gasteiger partial charge in [0, 0.05) is 65.1 Å². The summed E-state index contributed by atoms with van der Waals surface area (Å²) in [6, 6.07) is 9.65. The molecule has 2 N–H and O–H groups in total. The molecule has 0 atom stereocenters. The summed E-state index contributed by atoms with van der Waals surface area (Å²) in [6.07, 6.45) is 3.05. The number of rotatable bonds is 11. The normalized spacial score (nSPS) is 15.9. The van der Waals surface area contributed by atoms with Crippen LogP contribution < -0.4 is 20.3 Å². The Hall–Kier alpha value is -3.90. The number of hydrogen-bond donors (Lipinski definition) is 2. The lowest BCUT2D eigenvalue weighted by Crippen LogP contribution is -2.47. The van der Waals surface area contributed by atoms with Crippen molar-refractivity contribution in [1.82, 2.24) is 29.5 Å². The number of nitrogens with zero attached hydrogens (tertiary/aromatic N) is 7. The Labute approximate surface area is 213 Å². The molecule has 0 aliphatic carbocycles. The third-order valence-corrected chi connectivity index (χ3v) is 5.94. The van der Waals surface area contributed by atoms with Crippen molar-refractivity contribution >= 4 is 23.1 Å². The standard InChI is InChI=1S/C24H31N9O3/c1-25-20-17-21-29-22(23-26-8-14-36-23)30-33(21)24(28-20)27-7-9-31-10-12-32(13-11-31)18-3-5-19(6-4-18)35-16-15-34-2/h3-6,8,14,17,25H,7,9-13,15-16H2,1-2H3,(H,27,28)/i2D3. The van der Waals surface area contributed by atoms with Crippen LogP contribution in [0, 0.1) is 0 Å². The fraction of sp³-hybridized carbons (Fsp3) is 0.417. The predicted octanol–water partition coefficient (Wildman–Crippen LogP) is 2.08. The molecule has 1 fully saturated rings. The molecule has 4 heterocycles. The average molecular weight is 497 g/mol. The van der Waals surface area contributed by atoms with Crippen molar-refractivity contribution < 1.29 is 18.0 Å². The van der Waals surface area contributed by atoms with Gasteiger partial charge in [-0.15, -0.1) is 5.10 Å². The summed E-state index contributed by atoms with van der Waals surface area (Å²) in [5.41, 5.74) is 1.77. The fourth-order valence-electron chi connectivity index (χ4n) is 4.07. The largest absolute Gasteiger partial charge is 0.491 e. The van der Waals surface area contributed by atoms with E-state index in [1.807, 2.05) is 37.4 Å². The van der Waals surface area contributed by atoms with E-state index in [0.29, 0.717) is 41.4 Å². The summed E-state index contributed by atoms with van der Waals surface area (Å²) in [4.78, 5) is 18.0. The lowest BCUT2D eigenvalue weighted by Gasteiger charge is -2.36. The van der Waals surface area contributed by atoms with Gasteiger partial charge in [-0.25, -0.2) is 9.97 Å². The highest BCUT2D eigenvalue weighted by atomic mass is 16.5. The molecule has 0 bridgehead atoms. The number of benzene rings is 1. The van der Waals surface area contributed by atoms with Gasteiger partial charge in [0.1, 0.15) is 24.4 Å². The van der Waals surface area contributed by atoms with E-state index < -0.39 is 7.04 Å². The van der Waals surface area contributed by atoms with Crippen molar-refractivity contribution in [3.63, 3.8) is 0 Å². The van der Waals surface area contributed by atoms with Crippen LogP contribution in [0.15, 0.2) is 47.2 Å². The molecule has 0 amide bonds. The van der Waals surface area contributed by atoms with E-state index in [2.05, 4.69) is 40.5 Å². The molecule has 3 aromatic heterocycles. The van der Waals surface area contributed by atoms with Crippen LogP contribution in [-0.4, -0.2) is 96.0 Å². The second kappa shape index (κ2) is 11.2. The van der Waals surface area contributed by atoms with Gasteiger partial charge in [-0.3, -0.25) is 4.90 Å². The van der Waals surface area contributed by atoms with Gasteiger partial charge in [0.15, 0.2) is 5.65 Å². The van der Waals surface area contributed by atoms with E-state index in [9.17, 15) is 0 Å². The number of aromatic nitrogens is 5. The summed E-state index contributed by atoms with van der Waals surface area (Å²) in [7, 11) is -0.585. The number of piperazine rings is 1. The van der Waals surface area contributed by atoms with Crippen molar-refractivity contribution in [1.29, 1.82) is 0 Å². The van der Waals surface area contributed by atoms with Gasteiger partial charge in [0.2, 0.25) is 11.8 Å². The predicted molar refractivity (Wildman–Crippen MR) is 137 cm³/mol. The number of hydrogen-bond acceptors (Lipinski definition) is 11. The second-order valence-electron chi connectivity index (χ2n) is 8.20. The van der Waals surface area contributed by atoms with Gasteiger partial charge in [-0.2, -0.15) is 9.50 Å². The molecule has 0 unspecified atom stereocenters. The van der Waals surface area contributed by atoms with E-state index in [1.54, 1.807) is 10.7 Å². The first kappa shape index (κ1) is 20.3. The molecule has 1 aromatic carbocycles. The number of methoxy groups -OCH3 is 1. The van der Waals surface area contributed by atoms with Crippen LogP contribution in [0.4, 0.5) is 17.5 Å². The van der Waals surface area contributed by atoms with E-state index in [-0.39, 0.29) is 13.2 Å². The van der Waals surface area contributed by atoms with E-state index in [1.165, 1.54) is 6.26 Å². The number of fused-ring (bicyclic) bond motifs is 1. The topological polar surface area (TPSA) is 118 Å². The second-order valence-corrected chi connectivity index (χ2v) is 8.20. The summed E-state index contributed by atoms with van der Waals surface area (Å²) >= 11 is 0. The first-order valence-electron chi connectivity index (χ1n) is 13.3. The van der Waals surface area contributed by atoms with Crippen LogP contribution in [0.25, 0.3) is 17.4 Å². The zero-order valence-electron chi connectivity index (χ0n) is 23.1. The minimum Gasteiger partial charge on any atom is -0.491 e. The summed E-state index contributed by atoms with van der Waals surface area (Å²) in [6.45, 7) is 5.43. The Morgan fingerprint density at radius 3 is 2.72 bits per heavy atom. The molecule has 1 aliphatic rings. The Morgan fingerprint density at radius 2 is 1.97 bits per heavy atom. The Bertz CT molecular complexity index is 1340. The van der Waals surface area contributed by atoms with Crippen LogP contribution in [0.5, 0.6) is 5.75 Å². The highest BCUT2D eigenvalue weighted by molar-refractivity contribution is 5.58. The van der Waals surface area contributed by atoms with E-state index in [0.717, 1.165) is 38.4 Å². The third-order valence-electron chi connectivity index (χ3n) is 5.94. The van der Waals surface area contributed by atoms with Crippen molar-refractivity contribution in [3.05, 3.63) is 42.8 Å². The summed E-state index contributed by atoms with van der Waals surface area (Å²) < 4.78 is 38.4. The molecule has 36 heavy (non-hydrogen) atoms. The quantitative estimate of drug-likeness (QED) is 0.297. The molecular weight excluding hydrogens is 462 g/mol. The molecule has 0 saturated carbocycles. The molecule has 1 aliphatic heterocycles. The molecule has 4 aromatic rings. The first-order valence-corrected chi connectivity index (χ1v) is 11.8. The smallest absolute Gasteiger partial charge is 0.266 e. The molecule has 12 heteroatoms. The van der Waals surface area contributed by atoms with Crippen molar-refractivity contribution in [3.8, 4) is 17.5 Å². The van der Waals surface area contributed by atoms with Gasteiger partial charge >= 0.3 is 0 Å². The van der Waals surface area contributed by atoms with Crippen LogP contribution in [0.1, 0.15) is 4.11 Å². The monoisotopic (exact) mass is 496 g/mol. The molecular formula is C24H31N9O3. The maximum Gasteiger partial charge on any atom is 0.266 e. The molecule has 1 saturated heterocycles. The zero-order valence-corrected chi connectivity index (χ0v) is 20.1. The lowest BCUT2D eigenvalue weighted by molar-refractivity contribution is 0.146. The Morgan fingerprint density at radius 1 is 1.11 bits per heavy atom. The number of oxazole rings is 1. The number of ether oxygens (including phenoxy) is 2. The minimum atomic E-state index is -2.40. The average Bonchev–Trinajstić information content (AvgIpc) is 3.62. The number of anilines is 3. The molecule has 0 radical (unpaired) electrons. The highest BCUT2D eigenvalue weighted by Gasteiger charge is 2.18. The zero-order chi connectivity index (χ0) is 27.2. The van der Waals surface area contributed by atoms with E-state index in [4.69, 9.17) is 18.0 Å². The van der Waals surface area contributed by atoms with E-state index >= 15 is 0 Å². The third kappa shape index (κ3) is 5.50. The van der Waals surface area contributed by atoms with Crippen molar-refractivity contribution in [2.75, 3.05) is 82.1 Å². The lowest BCUT2D eigenvalue weighted by atomic mass is 10.2. The summed E-state index contributed by atoms with van der Waals surface area (Å²) in [5.74, 6) is 2.72.